The molecule has 4 heteroatoms. The zero-order chi connectivity index (χ0) is 13.3. The first kappa shape index (κ1) is 15.3. The Morgan fingerprint density at radius 3 is 2.18 bits per heavy atom. The van der Waals surface area contributed by atoms with E-state index in [1.165, 1.54) is 13.0 Å². The van der Waals surface area contributed by atoms with Crippen molar-refractivity contribution in [2.45, 2.75) is 26.7 Å². The third-order valence-corrected chi connectivity index (χ3v) is 2.00. The van der Waals surface area contributed by atoms with Crippen LogP contribution in [0.3, 0.4) is 0 Å². The molecule has 0 saturated carbocycles. The summed E-state index contributed by atoms with van der Waals surface area (Å²) < 4.78 is 4.64. The molecule has 0 aliphatic heterocycles. The average molecular weight is 238 g/mol. The summed E-state index contributed by atoms with van der Waals surface area (Å²) in [5.74, 6) is -1.34. The fraction of sp³-hybridized carbons (Fsp3) is 0.385. The van der Waals surface area contributed by atoms with Crippen molar-refractivity contribution in [2.75, 3.05) is 6.61 Å². The lowest BCUT2D eigenvalue weighted by molar-refractivity contribution is -0.153. The molecule has 0 aromatic heterocycles. The molecular formula is C13H18O4. The number of ether oxygens (including phenoxy) is 1. The van der Waals surface area contributed by atoms with E-state index in [9.17, 15) is 9.59 Å². The molecule has 4 nitrogen and oxygen atoms in total. The zero-order valence-electron chi connectivity index (χ0n) is 10.2. The molecule has 0 aliphatic carbocycles. The molecule has 0 fully saturated rings. The van der Waals surface area contributed by atoms with E-state index in [2.05, 4.69) is 11.3 Å². The molecule has 1 N–H and O–H groups in total. The highest BCUT2D eigenvalue weighted by molar-refractivity contribution is 6.01. The zero-order valence-corrected chi connectivity index (χ0v) is 10.2. The van der Waals surface area contributed by atoms with Crippen LogP contribution in [0.4, 0.5) is 0 Å². The van der Waals surface area contributed by atoms with Crippen molar-refractivity contribution in [3.8, 4) is 0 Å². The van der Waals surface area contributed by atoms with Gasteiger partial charge in [0.15, 0.2) is 0 Å². The molecule has 0 aromatic rings. The van der Waals surface area contributed by atoms with Crippen molar-refractivity contribution >= 4 is 11.9 Å². The number of aliphatic hydroxyl groups is 1. The SMILES string of the molecule is C=CCC=C(C)C(=O)OC(=O)C(C)=CCCO. The van der Waals surface area contributed by atoms with Crippen LogP contribution in [0.25, 0.3) is 0 Å². The average Bonchev–Trinajstić information content (AvgIpc) is 2.32. The summed E-state index contributed by atoms with van der Waals surface area (Å²) in [5, 5.41) is 8.58. The van der Waals surface area contributed by atoms with Gasteiger partial charge in [-0.1, -0.05) is 18.2 Å². The Morgan fingerprint density at radius 2 is 1.71 bits per heavy atom. The maximum atomic E-state index is 11.4. The first-order chi connectivity index (χ1) is 8.02. The largest absolute Gasteiger partial charge is 0.396 e. The highest BCUT2D eigenvalue weighted by Gasteiger charge is 2.13. The first-order valence-corrected chi connectivity index (χ1v) is 5.34. The Hall–Kier alpha value is -1.68. The van der Waals surface area contributed by atoms with E-state index in [0.29, 0.717) is 24.0 Å². The molecule has 0 heterocycles. The number of allylic oxidation sites excluding steroid dienone is 2. The Labute approximate surface area is 101 Å². The van der Waals surface area contributed by atoms with Crippen LogP contribution in [0, 0.1) is 0 Å². The second-order valence-electron chi connectivity index (χ2n) is 3.49. The second-order valence-corrected chi connectivity index (χ2v) is 3.49. The molecule has 0 radical (unpaired) electrons. The van der Waals surface area contributed by atoms with E-state index in [1.54, 1.807) is 19.1 Å². The second kappa shape index (κ2) is 8.47. The lowest BCUT2D eigenvalue weighted by Gasteiger charge is -2.03. The molecule has 17 heavy (non-hydrogen) atoms. The molecule has 0 aliphatic rings. The number of carbonyl (C=O) groups excluding carboxylic acids is 2. The summed E-state index contributed by atoms with van der Waals surface area (Å²) in [7, 11) is 0. The monoisotopic (exact) mass is 238 g/mol. The van der Waals surface area contributed by atoms with Crippen LogP contribution >= 0.6 is 0 Å². The van der Waals surface area contributed by atoms with Crippen molar-refractivity contribution in [2.24, 2.45) is 0 Å². The van der Waals surface area contributed by atoms with E-state index in [4.69, 9.17) is 5.11 Å². The Kier molecular flexibility index (Phi) is 7.63. The molecule has 0 rings (SSSR count). The van der Waals surface area contributed by atoms with Crippen LogP contribution in [0.2, 0.25) is 0 Å². The highest BCUT2D eigenvalue weighted by Crippen LogP contribution is 2.04. The van der Waals surface area contributed by atoms with Crippen LogP contribution in [0.1, 0.15) is 26.7 Å². The number of hydrogen-bond acceptors (Lipinski definition) is 4. The van der Waals surface area contributed by atoms with E-state index < -0.39 is 11.9 Å². The van der Waals surface area contributed by atoms with Crippen molar-refractivity contribution in [3.05, 3.63) is 36.0 Å². The summed E-state index contributed by atoms with van der Waals surface area (Å²) in [6.45, 7) is 6.58. The summed E-state index contributed by atoms with van der Waals surface area (Å²) in [6.07, 6.45) is 5.72. The standard InChI is InChI=1S/C13H18O4/c1-4-5-7-10(2)12(15)17-13(16)11(3)8-6-9-14/h4,7-8,14H,1,5-6,9H2,2-3H3. The number of aliphatic hydroxyl groups excluding tert-OH is 1. The normalized spacial score (nSPS) is 12.2. The summed E-state index contributed by atoms with van der Waals surface area (Å²) in [6, 6.07) is 0. The van der Waals surface area contributed by atoms with E-state index in [-0.39, 0.29) is 6.61 Å². The molecule has 0 unspecified atom stereocenters. The Bertz CT molecular complexity index is 350. The molecule has 94 valence electrons. The van der Waals surface area contributed by atoms with Crippen LogP contribution in [-0.4, -0.2) is 23.7 Å². The van der Waals surface area contributed by atoms with Crippen LogP contribution in [0.15, 0.2) is 36.0 Å². The molecule has 0 bridgehead atoms. The van der Waals surface area contributed by atoms with Gasteiger partial charge in [-0.3, -0.25) is 0 Å². The topological polar surface area (TPSA) is 63.6 Å². The lowest BCUT2D eigenvalue weighted by atomic mass is 10.2. The fourth-order valence-electron chi connectivity index (χ4n) is 0.953. The number of hydrogen-bond donors (Lipinski definition) is 1. The summed E-state index contributed by atoms with van der Waals surface area (Å²) in [4.78, 5) is 22.8. The molecule has 0 spiro atoms. The van der Waals surface area contributed by atoms with Crippen molar-refractivity contribution in [3.63, 3.8) is 0 Å². The quantitative estimate of drug-likeness (QED) is 0.332. The van der Waals surface area contributed by atoms with Gasteiger partial charge in [0.05, 0.1) is 0 Å². The van der Waals surface area contributed by atoms with Gasteiger partial charge in [-0.15, -0.1) is 6.58 Å². The Balaban J connectivity index is 4.39. The van der Waals surface area contributed by atoms with Gasteiger partial charge < -0.3 is 9.84 Å². The van der Waals surface area contributed by atoms with Gasteiger partial charge in [-0.05, 0) is 26.7 Å². The van der Waals surface area contributed by atoms with Crippen molar-refractivity contribution in [1.29, 1.82) is 0 Å². The summed E-state index contributed by atoms with van der Waals surface area (Å²) >= 11 is 0. The maximum absolute atomic E-state index is 11.4. The van der Waals surface area contributed by atoms with Crippen molar-refractivity contribution < 1.29 is 19.4 Å². The van der Waals surface area contributed by atoms with E-state index in [1.807, 2.05) is 0 Å². The van der Waals surface area contributed by atoms with E-state index in [0.717, 1.165) is 0 Å². The van der Waals surface area contributed by atoms with Gasteiger partial charge in [0.2, 0.25) is 0 Å². The third-order valence-electron chi connectivity index (χ3n) is 2.00. The maximum Gasteiger partial charge on any atom is 0.341 e. The van der Waals surface area contributed by atoms with Gasteiger partial charge in [0, 0.05) is 17.8 Å². The molecule has 0 saturated heterocycles. The van der Waals surface area contributed by atoms with Crippen LogP contribution in [0.5, 0.6) is 0 Å². The van der Waals surface area contributed by atoms with Crippen LogP contribution in [-0.2, 0) is 14.3 Å². The summed E-state index contributed by atoms with van der Waals surface area (Å²) in [5.41, 5.74) is 0.678. The molecular weight excluding hydrogens is 220 g/mol. The van der Waals surface area contributed by atoms with Crippen LogP contribution < -0.4 is 0 Å². The molecule has 0 atom stereocenters. The number of esters is 2. The number of rotatable bonds is 6. The predicted molar refractivity (Wildman–Crippen MR) is 65.1 cm³/mol. The third kappa shape index (κ3) is 6.48. The predicted octanol–water partition coefficient (Wildman–Crippen LogP) is 1.91. The minimum atomic E-state index is -0.685. The van der Waals surface area contributed by atoms with Gasteiger partial charge in [0.1, 0.15) is 0 Å². The van der Waals surface area contributed by atoms with Crippen molar-refractivity contribution in [1.82, 2.24) is 0 Å². The van der Waals surface area contributed by atoms with Gasteiger partial charge in [-0.2, -0.15) is 0 Å². The number of carbonyl (C=O) groups is 2. The lowest BCUT2D eigenvalue weighted by Crippen LogP contribution is -2.14. The van der Waals surface area contributed by atoms with Gasteiger partial charge >= 0.3 is 11.9 Å². The van der Waals surface area contributed by atoms with Gasteiger partial charge in [-0.25, -0.2) is 9.59 Å². The minimum absolute atomic E-state index is 0.0448. The molecule has 0 amide bonds. The Morgan fingerprint density at radius 1 is 1.18 bits per heavy atom. The first-order valence-electron chi connectivity index (χ1n) is 5.34. The smallest absolute Gasteiger partial charge is 0.341 e. The van der Waals surface area contributed by atoms with E-state index >= 15 is 0 Å². The van der Waals surface area contributed by atoms with Gasteiger partial charge in [0.25, 0.3) is 0 Å². The minimum Gasteiger partial charge on any atom is -0.396 e. The highest BCUT2D eigenvalue weighted by atomic mass is 16.6. The molecule has 0 aromatic carbocycles. The fourth-order valence-corrected chi connectivity index (χ4v) is 0.953.